The third-order valence-corrected chi connectivity index (χ3v) is 3.19. The van der Waals surface area contributed by atoms with Crippen molar-refractivity contribution in [2.24, 2.45) is 5.41 Å². The van der Waals surface area contributed by atoms with Gasteiger partial charge in [0, 0.05) is 6.54 Å². The van der Waals surface area contributed by atoms with E-state index in [0.29, 0.717) is 26.2 Å². The van der Waals surface area contributed by atoms with Crippen molar-refractivity contribution >= 4 is 11.9 Å². The van der Waals surface area contributed by atoms with E-state index in [-0.39, 0.29) is 17.7 Å². The number of amides is 1. The second-order valence-corrected chi connectivity index (χ2v) is 5.85. The first-order chi connectivity index (χ1) is 7.82. The van der Waals surface area contributed by atoms with Crippen LogP contribution in [0.5, 0.6) is 0 Å². The lowest BCUT2D eigenvalue weighted by Crippen LogP contribution is -2.59. The van der Waals surface area contributed by atoms with Crippen LogP contribution in [0, 0.1) is 5.41 Å². The van der Waals surface area contributed by atoms with Crippen LogP contribution >= 0.6 is 0 Å². The molecule has 1 spiro atoms. The Morgan fingerprint density at radius 1 is 1.41 bits per heavy atom. The molecule has 0 aromatic carbocycles. The molecule has 0 aromatic rings. The monoisotopic (exact) mass is 241 g/mol. The molecule has 2 heterocycles. The van der Waals surface area contributed by atoms with E-state index in [1.54, 1.807) is 0 Å². The van der Waals surface area contributed by atoms with Gasteiger partial charge in [-0.15, -0.1) is 0 Å². The third-order valence-electron chi connectivity index (χ3n) is 3.19. The van der Waals surface area contributed by atoms with Crippen molar-refractivity contribution in [3.8, 4) is 0 Å². The van der Waals surface area contributed by atoms with Gasteiger partial charge in [0.05, 0.1) is 25.2 Å². The van der Waals surface area contributed by atoms with Crippen molar-refractivity contribution < 1.29 is 19.1 Å². The van der Waals surface area contributed by atoms with E-state index in [9.17, 15) is 9.59 Å². The number of ether oxygens (including phenoxy) is 2. The van der Waals surface area contributed by atoms with Gasteiger partial charge in [-0.05, 0) is 27.2 Å². The van der Waals surface area contributed by atoms with Crippen molar-refractivity contribution in [2.75, 3.05) is 26.3 Å². The molecular weight excluding hydrogens is 222 g/mol. The van der Waals surface area contributed by atoms with Crippen molar-refractivity contribution in [1.82, 2.24) is 4.90 Å². The topological polar surface area (TPSA) is 55.8 Å². The van der Waals surface area contributed by atoms with Gasteiger partial charge in [-0.2, -0.15) is 0 Å². The van der Waals surface area contributed by atoms with Crippen LogP contribution in [0.4, 0.5) is 4.79 Å². The standard InChI is InChI=1S/C12H19NO4/c1-11(2,3)17-10(15)13-5-4-12(7-16-8-12)9(14)6-13/h4-8H2,1-3H3. The minimum absolute atomic E-state index is 0.0980. The Morgan fingerprint density at radius 2 is 2.06 bits per heavy atom. The summed E-state index contributed by atoms with van der Waals surface area (Å²) in [4.78, 5) is 25.2. The number of likely N-dealkylation sites (tertiary alicyclic amines) is 1. The van der Waals surface area contributed by atoms with Crippen LogP contribution in [-0.4, -0.2) is 48.7 Å². The molecule has 0 N–H and O–H groups in total. The van der Waals surface area contributed by atoms with Crippen LogP contribution in [0.3, 0.4) is 0 Å². The van der Waals surface area contributed by atoms with Gasteiger partial charge in [-0.1, -0.05) is 0 Å². The summed E-state index contributed by atoms with van der Waals surface area (Å²) in [6.45, 7) is 7.19. The summed E-state index contributed by atoms with van der Waals surface area (Å²) >= 11 is 0. The molecule has 0 saturated carbocycles. The van der Waals surface area contributed by atoms with E-state index < -0.39 is 11.7 Å². The molecule has 0 aromatic heterocycles. The fourth-order valence-electron chi connectivity index (χ4n) is 2.04. The molecule has 5 nitrogen and oxygen atoms in total. The summed E-state index contributed by atoms with van der Waals surface area (Å²) in [5.41, 5.74) is -0.826. The predicted octanol–water partition coefficient (Wildman–Crippen LogP) is 1.21. The van der Waals surface area contributed by atoms with E-state index in [4.69, 9.17) is 9.47 Å². The molecule has 2 aliphatic rings. The maximum Gasteiger partial charge on any atom is 0.410 e. The van der Waals surface area contributed by atoms with Gasteiger partial charge < -0.3 is 14.4 Å². The molecule has 2 fully saturated rings. The Morgan fingerprint density at radius 3 is 2.47 bits per heavy atom. The lowest BCUT2D eigenvalue weighted by atomic mass is 9.76. The average Bonchev–Trinajstić information content (AvgIpc) is 2.12. The Kier molecular flexibility index (Phi) is 2.89. The zero-order valence-electron chi connectivity index (χ0n) is 10.6. The van der Waals surface area contributed by atoms with Crippen molar-refractivity contribution in [3.63, 3.8) is 0 Å². The second kappa shape index (κ2) is 3.98. The Hall–Kier alpha value is -1.10. The first-order valence-corrected chi connectivity index (χ1v) is 5.91. The second-order valence-electron chi connectivity index (χ2n) is 5.85. The quantitative estimate of drug-likeness (QED) is 0.639. The lowest BCUT2D eigenvalue weighted by molar-refractivity contribution is -0.168. The van der Waals surface area contributed by atoms with E-state index >= 15 is 0 Å². The molecule has 0 bridgehead atoms. The maximum atomic E-state index is 11.9. The molecule has 2 saturated heterocycles. The Bertz CT molecular complexity index is 341. The molecule has 2 rings (SSSR count). The van der Waals surface area contributed by atoms with E-state index in [0.717, 1.165) is 0 Å². The molecule has 0 aliphatic carbocycles. The number of ketones is 1. The average molecular weight is 241 g/mol. The lowest BCUT2D eigenvalue weighted by Gasteiger charge is -2.45. The minimum Gasteiger partial charge on any atom is -0.444 e. The highest BCUT2D eigenvalue weighted by atomic mass is 16.6. The number of hydrogen-bond donors (Lipinski definition) is 0. The highest BCUT2D eigenvalue weighted by Gasteiger charge is 2.49. The van der Waals surface area contributed by atoms with Crippen molar-refractivity contribution in [1.29, 1.82) is 0 Å². The van der Waals surface area contributed by atoms with Gasteiger partial charge in [-0.3, -0.25) is 4.79 Å². The van der Waals surface area contributed by atoms with Crippen LogP contribution in [-0.2, 0) is 14.3 Å². The first-order valence-electron chi connectivity index (χ1n) is 5.91. The zero-order chi connectivity index (χ0) is 12.7. The minimum atomic E-state index is -0.519. The highest BCUT2D eigenvalue weighted by molar-refractivity contribution is 5.91. The summed E-state index contributed by atoms with van der Waals surface area (Å²) in [5.74, 6) is 0.0980. The van der Waals surface area contributed by atoms with E-state index in [2.05, 4.69) is 0 Å². The summed E-state index contributed by atoms with van der Waals surface area (Å²) in [6, 6.07) is 0. The van der Waals surface area contributed by atoms with Crippen LogP contribution in [0.25, 0.3) is 0 Å². The third kappa shape index (κ3) is 2.44. The summed E-state index contributed by atoms with van der Waals surface area (Å²) in [6.07, 6.45) is 0.284. The predicted molar refractivity (Wildman–Crippen MR) is 60.7 cm³/mol. The smallest absolute Gasteiger partial charge is 0.410 e. The van der Waals surface area contributed by atoms with Crippen LogP contribution in [0.15, 0.2) is 0 Å². The largest absolute Gasteiger partial charge is 0.444 e. The van der Waals surface area contributed by atoms with Crippen LogP contribution < -0.4 is 0 Å². The number of Topliss-reactive ketones (excluding diaryl/α,β-unsaturated/α-hetero) is 1. The van der Waals surface area contributed by atoms with Crippen LogP contribution in [0.2, 0.25) is 0 Å². The number of carbonyl (C=O) groups is 2. The van der Waals surface area contributed by atoms with Gasteiger partial charge in [0.15, 0.2) is 5.78 Å². The summed E-state index contributed by atoms with van der Waals surface area (Å²) in [5, 5.41) is 0. The van der Waals surface area contributed by atoms with Gasteiger partial charge in [-0.25, -0.2) is 4.79 Å². The first kappa shape index (κ1) is 12.4. The maximum absolute atomic E-state index is 11.9. The molecule has 1 amide bonds. The fraction of sp³-hybridized carbons (Fsp3) is 0.833. The number of piperidine rings is 1. The Labute approximate surface area is 101 Å². The van der Waals surface area contributed by atoms with Crippen molar-refractivity contribution in [2.45, 2.75) is 32.8 Å². The number of carbonyl (C=O) groups excluding carboxylic acids is 2. The van der Waals surface area contributed by atoms with Gasteiger partial charge in [0.1, 0.15) is 5.60 Å². The normalized spacial score (nSPS) is 23.5. The number of rotatable bonds is 0. The number of hydrogen-bond acceptors (Lipinski definition) is 4. The summed E-state index contributed by atoms with van der Waals surface area (Å²) < 4.78 is 10.4. The van der Waals surface area contributed by atoms with Gasteiger partial charge in [0.25, 0.3) is 0 Å². The molecule has 0 radical (unpaired) electrons. The molecule has 0 unspecified atom stereocenters. The highest BCUT2D eigenvalue weighted by Crippen LogP contribution is 2.36. The SMILES string of the molecule is CC(C)(C)OC(=O)N1CCC2(COC2)C(=O)C1. The molecule has 0 atom stereocenters. The van der Waals surface area contributed by atoms with Gasteiger partial charge in [0.2, 0.25) is 0 Å². The molecule has 17 heavy (non-hydrogen) atoms. The zero-order valence-corrected chi connectivity index (χ0v) is 10.6. The van der Waals surface area contributed by atoms with Crippen LogP contribution in [0.1, 0.15) is 27.2 Å². The molecular formula is C12H19NO4. The fourth-order valence-corrected chi connectivity index (χ4v) is 2.04. The summed E-state index contributed by atoms with van der Waals surface area (Å²) in [7, 11) is 0. The molecule has 96 valence electrons. The van der Waals surface area contributed by atoms with Gasteiger partial charge >= 0.3 is 6.09 Å². The number of nitrogens with zero attached hydrogens (tertiary/aromatic N) is 1. The van der Waals surface area contributed by atoms with E-state index in [1.165, 1.54) is 4.90 Å². The molecule has 2 aliphatic heterocycles. The molecule has 5 heteroatoms. The Balaban J connectivity index is 1.93. The van der Waals surface area contributed by atoms with Crippen molar-refractivity contribution in [3.05, 3.63) is 0 Å². The van der Waals surface area contributed by atoms with E-state index in [1.807, 2.05) is 20.8 Å².